The summed E-state index contributed by atoms with van der Waals surface area (Å²) in [4.78, 5) is 13.1. The molecule has 28 heavy (non-hydrogen) atoms. The summed E-state index contributed by atoms with van der Waals surface area (Å²) < 4.78 is 5.86. The molecule has 0 aliphatic rings. The average Bonchev–Trinajstić information content (AvgIpc) is 3.20. The van der Waals surface area contributed by atoms with Crippen molar-refractivity contribution in [2.75, 3.05) is 0 Å². The Morgan fingerprint density at radius 3 is 2.50 bits per heavy atom. The van der Waals surface area contributed by atoms with Crippen LogP contribution in [0.3, 0.4) is 0 Å². The second-order valence-electron chi connectivity index (χ2n) is 6.29. The Bertz CT molecular complexity index is 1400. The van der Waals surface area contributed by atoms with E-state index in [1.807, 2.05) is 36.4 Å². The number of aromatic nitrogens is 1. The molecule has 3 aromatic carbocycles. The molecule has 0 bridgehead atoms. The van der Waals surface area contributed by atoms with E-state index >= 15 is 0 Å². The van der Waals surface area contributed by atoms with E-state index < -0.39 is 4.92 Å². The van der Waals surface area contributed by atoms with Crippen molar-refractivity contribution in [2.24, 2.45) is 10.2 Å². The van der Waals surface area contributed by atoms with Gasteiger partial charge in [0.25, 0.3) is 5.69 Å². The van der Waals surface area contributed by atoms with Crippen molar-refractivity contribution in [1.29, 1.82) is 0 Å². The quantitative estimate of drug-likeness (QED) is 0.226. The minimum absolute atomic E-state index is 0.0249. The number of aromatic hydroxyl groups is 1. The van der Waals surface area contributed by atoms with E-state index in [9.17, 15) is 15.2 Å². The van der Waals surface area contributed by atoms with Crippen LogP contribution in [-0.2, 0) is 0 Å². The van der Waals surface area contributed by atoms with Crippen LogP contribution in [0, 0.1) is 10.1 Å². The van der Waals surface area contributed by atoms with E-state index in [1.165, 1.54) is 24.3 Å². The lowest BCUT2D eigenvalue weighted by Gasteiger charge is -1.95. The molecule has 136 valence electrons. The van der Waals surface area contributed by atoms with Gasteiger partial charge in [0.1, 0.15) is 11.2 Å². The van der Waals surface area contributed by atoms with Gasteiger partial charge in [-0.25, -0.2) is 0 Å². The van der Waals surface area contributed by atoms with Crippen LogP contribution < -0.4 is 0 Å². The van der Waals surface area contributed by atoms with Gasteiger partial charge in [0.05, 0.1) is 16.1 Å². The molecule has 5 rings (SSSR count). The maximum absolute atomic E-state index is 10.7. The summed E-state index contributed by atoms with van der Waals surface area (Å²) in [7, 11) is 0. The van der Waals surface area contributed by atoms with Gasteiger partial charge in [-0.05, 0) is 24.3 Å². The van der Waals surface area contributed by atoms with Crippen LogP contribution in [0.5, 0.6) is 5.88 Å². The van der Waals surface area contributed by atoms with Gasteiger partial charge in [-0.15, -0.1) is 5.11 Å². The predicted molar refractivity (Wildman–Crippen MR) is 105 cm³/mol. The lowest BCUT2D eigenvalue weighted by molar-refractivity contribution is -0.384. The number of benzene rings is 3. The number of non-ortho nitro benzene ring substituents is 1. The molecule has 2 aromatic heterocycles. The van der Waals surface area contributed by atoms with Crippen LogP contribution in [0.4, 0.5) is 17.1 Å². The van der Waals surface area contributed by atoms with Gasteiger partial charge >= 0.3 is 0 Å². The van der Waals surface area contributed by atoms with E-state index in [-0.39, 0.29) is 11.6 Å². The number of azo groups is 1. The number of rotatable bonds is 3. The third kappa shape index (κ3) is 2.47. The molecule has 0 spiro atoms. The number of aromatic amines is 1. The normalized spacial score (nSPS) is 11.9. The predicted octanol–water partition coefficient (Wildman–Crippen LogP) is 6.10. The summed E-state index contributed by atoms with van der Waals surface area (Å²) in [5, 5.41) is 31.8. The Balaban J connectivity index is 1.62. The first kappa shape index (κ1) is 16.0. The first-order valence-electron chi connectivity index (χ1n) is 8.42. The fraction of sp³-hybridized carbons (Fsp3) is 0. The van der Waals surface area contributed by atoms with Crippen molar-refractivity contribution in [1.82, 2.24) is 4.98 Å². The zero-order valence-corrected chi connectivity index (χ0v) is 14.3. The molecular formula is C20H12N4O4. The molecule has 2 N–H and O–H groups in total. The fourth-order valence-electron chi connectivity index (χ4n) is 3.23. The van der Waals surface area contributed by atoms with Crippen LogP contribution >= 0.6 is 0 Å². The van der Waals surface area contributed by atoms with Crippen molar-refractivity contribution in [3.05, 3.63) is 70.8 Å². The first-order chi connectivity index (χ1) is 13.6. The number of nitro groups is 1. The Morgan fingerprint density at radius 1 is 0.929 bits per heavy atom. The van der Waals surface area contributed by atoms with Crippen LogP contribution in [0.15, 0.2) is 75.3 Å². The molecule has 0 radical (unpaired) electrons. The molecule has 0 saturated heterocycles. The topological polar surface area (TPSA) is 117 Å². The summed E-state index contributed by atoms with van der Waals surface area (Å²) in [6, 6.07) is 17.1. The molecule has 8 heteroatoms. The van der Waals surface area contributed by atoms with Gasteiger partial charge < -0.3 is 14.5 Å². The Hall–Kier alpha value is -4.20. The molecule has 2 heterocycles. The number of nitrogens with zero attached hydrogens (tertiary/aromatic N) is 3. The Kier molecular flexibility index (Phi) is 3.38. The number of nitro benzene ring substituents is 1. The summed E-state index contributed by atoms with van der Waals surface area (Å²) >= 11 is 0. The van der Waals surface area contributed by atoms with E-state index in [0.717, 1.165) is 16.4 Å². The highest BCUT2D eigenvalue weighted by Gasteiger charge is 2.15. The second kappa shape index (κ2) is 5.92. The lowest BCUT2D eigenvalue weighted by atomic mass is 10.1. The second-order valence-corrected chi connectivity index (χ2v) is 6.29. The molecule has 0 fully saturated rings. The minimum atomic E-state index is -0.479. The average molecular weight is 372 g/mol. The highest BCUT2D eigenvalue weighted by atomic mass is 16.6. The third-order valence-corrected chi connectivity index (χ3v) is 4.58. The summed E-state index contributed by atoms with van der Waals surface area (Å²) in [5.74, 6) is -0.113. The summed E-state index contributed by atoms with van der Waals surface area (Å²) in [6.07, 6.45) is 0. The number of hydrogen-bond acceptors (Lipinski definition) is 6. The van der Waals surface area contributed by atoms with Crippen LogP contribution in [0.25, 0.3) is 32.8 Å². The molecular weight excluding hydrogens is 360 g/mol. The number of nitrogens with one attached hydrogen (secondary N) is 1. The lowest BCUT2D eigenvalue weighted by Crippen LogP contribution is -1.85. The van der Waals surface area contributed by atoms with Gasteiger partial charge in [-0.2, -0.15) is 5.11 Å². The third-order valence-electron chi connectivity index (χ3n) is 4.58. The number of hydrogen-bond donors (Lipinski definition) is 2. The number of fused-ring (bicyclic) bond motifs is 4. The zero-order chi connectivity index (χ0) is 19.3. The van der Waals surface area contributed by atoms with Crippen LogP contribution in [0.1, 0.15) is 0 Å². The molecule has 0 unspecified atom stereocenters. The van der Waals surface area contributed by atoms with Gasteiger partial charge in [0, 0.05) is 34.4 Å². The SMILES string of the molecule is O=[N+]([O-])c1ccc(N=Nc2c(O)[nH]c3cc4oc5ccccc5c4cc23)cc1. The van der Waals surface area contributed by atoms with Crippen molar-refractivity contribution in [2.45, 2.75) is 0 Å². The molecule has 0 atom stereocenters. The maximum atomic E-state index is 10.7. The van der Waals surface area contributed by atoms with Crippen LogP contribution in [0.2, 0.25) is 0 Å². The summed E-state index contributed by atoms with van der Waals surface area (Å²) in [5.41, 5.74) is 2.86. The van der Waals surface area contributed by atoms with Gasteiger partial charge in [0.2, 0.25) is 5.88 Å². The zero-order valence-electron chi connectivity index (χ0n) is 14.3. The molecule has 0 aliphatic carbocycles. The summed E-state index contributed by atoms with van der Waals surface area (Å²) in [6.45, 7) is 0. The monoisotopic (exact) mass is 372 g/mol. The van der Waals surface area contributed by atoms with E-state index in [4.69, 9.17) is 4.42 Å². The van der Waals surface area contributed by atoms with Gasteiger partial charge in [-0.3, -0.25) is 10.1 Å². The van der Waals surface area contributed by atoms with E-state index in [2.05, 4.69) is 15.2 Å². The number of H-pyrrole nitrogens is 1. The molecule has 0 amide bonds. The van der Waals surface area contributed by atoms with Gasteiger partial charge in [0.15, 0.2) is 5.69 Å². The van der Waals surface area contributed by atoms with Crippen molar-refractivity contribution in [3.8, 4) is 5.88 Å². The van der Waals surface area contributed by atoms with Crippen LogP contribution in [-0.4, -0.2) is 15.0 Å². The molecule has 0 aliphatic heterocycles. The fourth-order valence-corrected chi connectivity index (χ4v) is 3.23. The largest absolute Gasteiger partial charge is 0.493 e. The maximum Gasteiger partial charge on any atom is 0.269 e. The molecule has 0 saturated carbocycles. The smallest absolute Gasteiger partial charge is 0.269 e. The van der Waals surface area contributed by atoms with E-state index in [0.29, 0.717) is 27.9 Å². The van der Waals surface area contributed by atoms with Gasteiger partial charge in [-0.1, -0.05) is 18.2 Å². The Labute approximate surface area is 156 Å². The molecule has 5 aromatic rings. The highest BCUT2D eigenvalue weighted by Crippen LogP contribution is 2.40. The highest BCUT2D eigenvalue weighted by molar-refractivity contribution is 6.12. The molecule has 8 nitrogen and oxygen atoms in total. The first-order valence-corrected chi connectivity index (χ1v) is 8.42. The van der Waals surface area contributed by atoms with Crippen molar-refractivity contribution >= 4 is 49.9 Å². The van der Waals surface area contributed by atoms with E-state index in [1.54, 1.807) is 0 Å². The standard InChI is InChI=1S/C20H12N4O4/c25-20-19(23-22-11-5-7-12(8-6-11)24(26)27)15-9-14-13-3-1-2-4-17(13)28-18(14)10-16(15)21-20/h1-10,21,25H. The number of furan rings is 1. The van der Waals surface area contributed by atoms with Crippen molar-refractivity contribution < 1.29 is 14.4 Å². The minimum Gasteiger partial charge on any atom is -0.493 e. The Morgan fingerprint density at radius 2 is 1.71 bits per heavy atom. The van der Waals surface area contributed by atoms with Crippen molar-refractivity contribution in [3.63, 3.8) is 0 Å². The number of para-hydroxylation sites is 1.